The minimum absolute atomic E-state index is 0.0240. The number of benzene rings is 3. The maximum absolute atomic E-state index is 15.3. The molecule has 10 nitrogen and oxygen atoms in total. The van der Waals surface area contributed by atoms with Gasteiger partial charge in [-0.05, 0) is 57.2 Å². The minimum Gasteiger partial charge on any atom is -0.488 e. The predicted octanol–water partition coefficient (Wildman–Crippen LogP) is 4.73. The molecule has 3 aromatic carbocycles. The molecule has 2 aromatic heterocycles. The number of hydrogen-bond donors (Lipinski definition) is 3. The van der Waals surface area contributed by atoms with E-state index in [-0.39, 0.29) is 35.0 Å². The van der Waals surface area contributed by atoms with Crippen LogP contribution in [0.3, 0.4) is 0 Å². The van der Waals surface area contributed by atoms with Crippen molar-refractivity contribution in [1.82, 2.24) is 19.3 Å². The Hall–Kier alpha value is -5.29. The number of nitrogens with one attached hydrogen (secondary N) is 1. The largest absolute Gasteiger partial charge is 0.488 e. The van der Waals surface area contributed by atoms with Crippen LogP contribution in [0.4, 0.5) is 15.9 Å². The molecule has 2 heterocycles. The number of aromatic nitrogens is 4. The number of para-hydroxylation sites is 1. The number of carbonyl (C=O) groups is 1. The number of halogens is 1. The standard InChI is InChI=1S/C32H31FN6O4/c1-19-26(31(41)39(38(19)4)22-9-6-5-7-10-22)30(40)36-21-15-13-20(14-16-21)28-29(34)35-17-24(37-28)23-11-8-12-25(27(23)33)43-18-32(2,3)42/h5-17,42H,18H2,1-4H3,(H2,34,35)(H,36,40). The third-order valence-electron chi connectivity index (χ3n) is 6.82. The van der Waals surface area contributed by atoms with Gasteiger partial charge in [0.25, 0.3) is 11.5 Å². The van der Waals surface area contributed by atoms with E-state index in [1.165, 1.54) is 16.9 Å². The predicted molar refractivity (Wildman–Crippen MR) is 163 cm³/mol. The zero-order valence-corrected chi connectivity index (χ0v) is 24.1. The molecule has 0 radical (unpaired) electrons. The zero-order chi connectivity index (χ0) is 30.9. The van der Waals surface area contributed by atoms with Crippen LogP contribution < -0.4 is 21.3 Å². The van der Waals surface area contributed by atoms with Crippen LogP contribution >= 0.6 is 0 Å². The fraction of sp³-hybridized carbons (Fsp3) is 0.188. The third-order valence-corrected chi connectivity index (χ3v) is 6.82. The first-order chi connectivity index (χ1) is 20.4. The molecule has 0 unspecified atom stereocenters. The summed E-state index contributed by atoms with van der Waals surface area (Å²) < 4.78 is 23.8. The van der Waals surface area contributed by atoms with Crippen LogP contribution in [-0.4, -0.2) is 42.6 Å². The molecule has 5 aromatic rings. The Kier molecular flexibility index (Phi) is 7.83. The lowest BCUT2D eigenvalue weighted by molar-refractivity contribution is 0.0272. The first-order valence-electron chi connectivity index (χ1n) is 13.5. The quantitative estimate of drug-likeness (QED) is 0.241. The van der Waals surface area contributed by atoms with E-state index < -0.39 is 22.9 Å². The molecule has 0 bridgehead atoms. The monoisotopic (exact) mass is 582 g/mol. The zero-order valence-electron chi connectivity index (χ0n) is 24.1. The van der Waals surface area contributed by atoms with Crippen molar-refractivity contribution in [2.75, 3.05) is 17.7 Å². The Bertz CT molecular complexity index is 1860. The second-order valence-corrected chi connectivity index (χ2v) is 10.7. The second kappa shape index (κ2) is 11.5. The highest BCUT2D eigenvalue weighted by atomic mass is 19.1. The van der Waals surface area contributed by atoms with Gasteiger partial charge in [-0.3, -0.25) is 14.3 Å². The van der Waals surface area contributed by atoms with E-state index >= 15 is 4.39 Å². The highest BCUT2D eigenvalue weighted by Gasteiger charge is 2.23. The van der Waals surface area contributed by atoms with E-state index in [4.69, 9.17) is 10.5 Å². The lowest BCUT2D eigenvalue weighted by Gasteiger charge is -2.18. The number of carbonyl (C=O) groups excluding carboxylic acids is 1. The van der Waals surface area contributed by atoms with E-state index in [9.17, 15) is 14.7 Å². The van der Waals surface area contributed by atoms with Crippen molar-refractivity contribution in [2.45, 2.75) is 26.4 Å². The molecule has 0 aliphatic carbocycles. The Balaban J connectivity index is 1.39. The Morgan fingerprint density at radius 3 is 2.44 bits per heavy atom. The van der Waals surface area contributed by atoms with Crippen LogP contribution in [0.1, 0.15) is 29.9 Å². The Morgan fingerprint density at radius 2 is 1.77 bits per heavy atom. The number of nitrogens with two attached hydrogens (primary N) is 1. The van der Waals surface area contributed by atoms with Gasteiger partial charge in [-0.25, -0.2) is 19.0 Å². The van der Waals surface area contributed by atoms with Gasteiger partial charge >= 0.3 is 0 Å². The van der Waals surface area contributed by atoms with Crippen molar-refractivity contribution in [3.63, 3.8) is 0 Å². The molecule has 0 saturated heterocycles. The molecule has 0 fully saturated rings. The van der Waals surface area contributed by atoms with E-state index in [0.29, 0.717) is 28.3 Å². The van der Waals surface area contributed by atoms with Gasteiger partial charge in [0.2, 0.25) is 0 Å². The molecule has 0 aliphatic rings. The van der Waals surface area contributed by atoms with Gasteiger partial charge in [-0.15, -0.1) is 0 Å². The lowest BCUT2D eigenvalue weighted by Crippen LogP contribution is -2.28. The molecular weight excluding hydrogens is 551 g/mol. The summed E-state index contributed by atoms with van der Waals surface area (Å²) in [5, 5.41) is 12.7. The van der Waals surface area contributed by atoms with Gasteiger partial charge in [-0.2, -0.15) is 0 Å². The van der Waals surface area contributed by atoms with Crippen molar-refractivity contribution in [3.8, 4) is 34.0 Å². The van der Waals surface area contributed by atoms with Crippen molar-refractivity contribution >= 4 is 17.4 Å². The fourth-order valence-electron chi connectivity index (χ4n) is 4.55. The normalized spacial score (nSPS) is 11.4. The summed E-state index contributed by atoms with van der Waals surface area (Å²) in [5.74, 6) is -1.07. The molecule has 5 rings (SSSR count). The van der Waals surface area contributed by atoms with E-state index in [0.717, 1.165) is 0 Å². The number of ether oxygens (including phenoxy) is 1. The van der Waals surface area contributed by atoms with Gasteiger partial charge < -0.3 is 20.9 Å². The molecule has 0 aliphatic heterocycles. The van der Waals surface area contributed by atoms with Crippen molar-refractivity contribution in [2.24, 2.45) is 7.05 Å². The number of hydrogen-bond acceptors (Lipinski definition) is 7. The topological polar surface area (TPSA) is 137 Å². The van der Waals surface area contributed by atoms with Gasteiger partial charge in [0, 0.05) is 23.9 Å². The maximum Gasteiger partial charge on any atom is 0.284 e. The van der Waals surface area contributed by atoms with E-state index in [1.807, 2.05) is 18.2 Å². The summed E-state index contributed by atoms with van der Waals surface area (Å²) in [6, 6.07) is 20.4. The van der Waals surface area contributed by atoms with Crippen LogP contribution in [0, 0.1) is 12.7 Å². The number of rotatable bonds is 8. The first kappa shape index (κ1) is 29.2. The van der Waals surface area contributed by atoms with Gasteiger partial charge in [-0.1, -0.05) is 36.4 Å². The molecule has 43 heavy (non-hydrogen) atoms. The fourth-order valence-corrected chi connectivity index (χ4v) is 4.55. The third kappa shape index (κ3) is 6.02. The van der Waals surface area contributed by atoms with Crippen LogP contribution in [-0.2, 0) is 7.05 Å². The lowest BCUT2D eigenvalue weighted by atomic mass is 10.1. The summed E-state index contributed by atoms with van der Waals surface area (Å²) in [5.41, 5.74) is 7.52. The van der Waals surface area contributed by atoms with E-state index in [1.54, 1.807) is 81.0 Å². The van der Waals surface area contributed by atoms with Crippen LogP contribution in [0.2, 0.25) is 0 Å². The van der Waals surface area contributed by atoms with Gasteiger partial charge in [0.1, 0.15) is 23.7 Å². The highest BCUT2D eigenvalue weighted by Crippen LogP contribution is 2.31. The first-order valence-corrected chi connectivity index (χ1v) is 13.5. The SMILES string of the molecule is Cc1c(C(=O)Nc2ccc(-c3nc(-c4cccc(OCC(C)(C)O)c4F)cnc3N)cc2)c(=O)n(-c2ccccc2)n1C. The molecule has 220 valence electrons. The second-order valence-electron chi connectivity index (χ2n) is 10.7. The smallest absolute Gasteiger partial charge is 0.284 e. The van der Waals surface area contributed by atoms with Crippen LogP contribution in [0.5, 0.6) is 5.75 Å². The summed E-state index contributed by atoms with van der Waals surface area (Å²) in [7, 11) is 1.72. The maximum atomic E-state index is 15.3. The molecule has 4 N–H and O–H groups in total. The number of aliphatic hydroxyl groups is 1. The van der Waals surface area contributed by atoms with Crippen molar-refractivity contribution < 1.29 is 19.0 Å². The highest BCUT2D eigenvalue weighted by molar-refractivity contribution is 6.05. The molecule has 0 saturated carbocycles. The number of nitrogens with zero attached hydrogens (tertiary/aromatic N) is 4. The molecule has 1 amide bonds. The van der Waals surface area contributed by atoms with Crippen molar-refractivity contribution in [1.29, 1.82) is 0 Å². The number of amides is 1. The molecule has 0 atom stereocenters. The average molecular weight is 583 g/mol. The van der Waals surface area contributed by atoms with Crippen LogP contribution in [0.15, 0.2) is 83.8 Å². The average Bonchev–Trinajstić information content (AvgIpc) is 3.20. The summed E-state index contributed by atoms with van der Waals surface area (Å²) in [4.78, 5) is 35.2. The number of anilines is 2. The van der Waals surface area contributed by atoms with Crippen molar-refractivity contribution in [3.05, 3.63) is 106 Å². The molecule has 0 spiro atoms. The van der Waals surface area contributed by atoms with Gasteiger partial charge in [0.15, 0.2) is 11.6 Å². The summed E-state index contributed by atoms with van der Waals surface area (Å²) in [6.45, 7) is 4.74. The molecular formula is C32H31FN6O4. The Labute approximate surface area is 247 Å². The van der Waals surface area contributed by atoms with E-state index in [2.05, 4.69) is 15.3 Å². The summed E-state index contributed by atoms with van der Waals surface area (Å²) in [6.07, 6.45) is 1.37. The van der Waals surface area contributed by atoms with Crippen LogP contribution in [0.25, 0.3) is 28.2 Å². The van der Waals surface area contributed by atoms with Gasteiger partial charge in [0.05, 0.1) is 28.9 Å². The Morgan fingerprint density at radius 1 is 1.07 bits per heavy atom. The minimum atomic E-state index is -1.14. The number of nitrogen functional groups attached to an aromatic ring is 1. The molecule has 11 heteroatoms. The summed E-state index contributed by atoms with van der Waals surface area (Å²) >= 11 is 0.